The van der Waals surface area contributed by atoms with Crippen molar-refractivity contribution in [2.75, 3.05) is 26.7 Å². The average Bonchev–Trinajstić information content (AvgIpc) is 3.04. The van der Waals surface area contributed by atoms with E-state index >= 15 is 0 Å². The number of benzene rings is 1. The molecule has 2 heterocycles. The van der Waals surface area contributed by atoms with Crippen molar-refractivity contribution in [3.8, 4) is 5.75 Å². The lowest BCUT2D eigenvalue weighted by atomic mass is 10.0. The lowest BCUT2D eigenvalue weighted by Gasteiger charge is -2.36. The molecule has 0 saturated carbocycles. The van der Waals surface area contributed by atoms with Gasteiger partial charge in [-0.2, -0.15) is 5.10 Å². The van der Waals surface area contributed by atoms with Crippen LogP contribution in [0.4, 0.5) is 0 Å². The van der Waals surface area contributed by atoms with Crippen molar-refractivity contribution < 1.29 is 4.74 Å². The molecule has 0 unspecified atom stereocenters. The molecule has 1 aromatic heterocycles. The molecule has 23 heavy (non-hydrogen) atoms. The Hall–Kier alpha value is -1.85. The fourth-order valence-electron chi connectivity index (χ4n) is 3.23. The van der Waals surface area contributed by atoms with Gasteiger partial charge in [0.2, 0.25) is 0 Å². The normalized spacial score (nSPS) is 19.2. The number of rotatable bonds is 5. The quantitative estimate of drug-likeness (QED) is 0.921. The second-order valence-electron chi connectivity index (χ2n) is 6.32. The maximum atomic E-state index is 5.27. The lowest BCUT2D eigenvalue weighted by Crippen LogP contribution is -2.45. The minimum atomic E-state index is 0.380. The molecule has 1 aliphatic rings. The first kappa shape index (κ1) is 16.0. The van der Waals surface area contributed by atoms with Crippen LogP contribution in [0.3, 0.4) is 0 Å². The number of aromatic nitrogens is 2. The van der Waals surface area contributed by atoms with E-state index in [1.807, 2.05) is 18.3 Å². The highest BCUT2D eigenvalue weighted by Gasteiger charge is 2.25. The van der Waals surface area contributed by atoms with E-state index < -0.39 is 0 Å². The second kappa shape index (κ2) is 7.15. The minimum absolute atomic E-state index is 0.380. The van der Waals surface area contributed by atoms with Crippen molar-refractivity contribution in [2.24, 2.45) is 0 Å². The van der Waals surface area contributed by atoms with Crippen LogP contribution in [-0.2, 0) is 6.54 Å². The van der Waals surface area contributed by atoms with Crippen molar-refractivity contribution in [1.29, 1.82) is 0 Å². The highest BCUT2D eigenvalue weighted by Crippen LogP contribution is 2.26. The van der Waals surface area contributed by atoms with E-state index in [2.05, 4.69) is 52.0 Å². The van der Waals surface area contributed by atoms with Crippen molar-refractivity contribution >= 4 is 0 Å². The van der Waals surface area contributed by atoms with E-state index in [9.17, 15) is 0 Å². The summed E-state index contributed by atoms with van der Waals surface area (Å²) in [6, 6.07) is 11.3. The van der Waals surface area contributed by atoms with Crippen LogP contribution < -0.4 is 10.1 Å². The highest BCUT2D eigenvalue weighted by molar-refractivity contribution is 5.29. The van der Waals surface area contributed by atoms with Gasteiger partial charge in [-0.05, 0) is 37.6 Å². The van der Waals surface area contributed by atoms with Gasteiger partial charge < -0.3 is 10.1 Å². The van der Waals surface area contributed by atoms with Gasteiger partial charge in [0.05, 0.1) is 12.8 Å². The van der Waals surface area contributed by atoms with Gasteiger partial charge in [0.25, 0.3) is 0 Å². The molecule has 5 heteroatoms. The van der Waals surface area contributed by atoms with E-state index in [1.54, 1.807) is 7.11 Å². The molecule has 0 spiro atoms. The van der Waals surface area contributed by atoms with E-state index in [0.29, 0.717) is 12.1 Å². The number of hydrogen-bond acceptors (Lipinski definition) is 4. The zero-order valence-electron chi connectivity index (χ0n) is 14.2. The summed E-state index contributed by atoms with van der Waals surface area (Å²) in [7, 11) is 1.70. The van der Waals surface area contributed by atoms with Gasteiger partial charge >= 0.3 is 0 Å². The summed E-state index contributed by atoms with van der Waals surface area (Å²) in [4.78, 5) is 2.54. The molecule has 3 rings (SSSR count). The number of piperazine rings is 1. The molecule has 1 saturated heterocycles. The molecule has 1 atom stereocenters. The van der Waals surface area contributed by atoms with Crippen LogP contribution in [0.5, 0.6) is 5.75 Å². The molecule has 0 radical (unpaired) electrons. The molecule has 124 valence electrons. The van der Waals surface area contributed by atoms with Crippen LogP contribution in [0.15, 0.2) is 36.5 Å². The number of nitrogens with zero attached hydrogens (tertiary/aromatic N) is 3. The van der Waals surface area contributed by atoms with Crippen molar-refractivity contribution in [2.45, 2.75) is 32.5 Å². The molecule has 1 aliphatic heterocycles. The first-order valence-corrected chi connectivity index (χ1v) is 8.30. The monoisotopic (exact) mass is 314 g/mol. The topological polar surface area (TPSA) is 42.3 Å². The van der Waals surface area contributed by atoms with Gasteiger partial charge in [-0.1, -0.05) is 12.1 Å². The summed E-state index contributed by atoms with van der Waals surface area (Å²) in [6.07, 6.45) is 1.90. The summed E-state index contributed by atoms with van der Waals surface area (Å²) >= 11 is 0. The van der Waals surface area contributed by atoms with Crippen molar-refractivity contribution in [1.82, 2.24) is 20.0 Å². The number of methoxy groups -OCH3 is 1. The van der Waals surface area contributed by atoms with Crippen molar-refractivity contribution in [3.63, 3.8) is 0 Å². The third kappa shape index (κ3) is 3.57. The predicted octanol–water partition coefficient (Wildman–Crippen LogP) is 2.62. The zero-order chi connectivity index (χ0) is 16.2. The summed E-state index contributed by atoms with van der Waals surface area (Å²) in [5.74, 6) is 0.905. The summed E-state index contributed by atoms with van der Waals surface area (Å²) in [5.41, 5.74) is 2.61. The van der Waals surface area contributed by atoms with E-state index in [-0.39, 0.29) is 0 Å². The Kier molecular flexibility index (Phi) is 4.98. The first-order valence-electron chi connectivity index (χ1n) is 8.30. The average molecular weight is 314 g/mol. The summed E-state index contributed by atoms with van der Waals surface area (Å²) < 4.78 is 7.39. The van der Waals surface area contributed by atoms with E-state index in [4.69, 9.17) is 4.74 Å². The third-order valence-corrected chi connectivity index (χ3v) is 4.46. The van der Waals surface area contributed by atoms with E-state index in [0.717, 1.165) is 31.9 Å². The maximum Gasteiger partial charge on any atom is 0.118 e. The van der Waals surface area contributed by atoms with Crippen LogP contribution in [0, 0.1) is 0 Å². The Bertz CT molecular complexity index is 620. The molecule has 1 N–H and O–H groups in total. The fourth-order valence-corrected chi connectivity index (χ4v) is 3.23. The Morgan fingerprint density at radius 1 is 1.26 bits per heavy atom. The van der Waals surface area contributed by atoms with Crippen LogP contribution in [0.1, 0.15) is 37.2 Å². The standard InChI is InChI=1S/C18H26N4O/c1-14(2)22-16(8-9-20-22)13-21-11-10-19-12-18(21)15-4-6-17(23-3)7-5-15/h4-9,14,18-19H,10-13H2,1-3H3/t18-/m0/s1. The first-order chi connectivity index (χ1) is 11.2. The Labute approximate surface area is 138 Å². The molecule has 0 aliphatic carbocycles. The van der Waals surface area contributed by atoms with Crippen molar-refractivity contribution in [3.05, 3.63) is 47.8 Å². The number of hydrogen-bond donors (Lipinski definition) is 1. The number of nitrogens with one attached hydrogen (secondary N) is 1. The van der Waals surface area contributed by atoms with Gasteiger partial charge in [-0.15, -0.1) is 0 Å². The van der Waals surface area contributed by atoms with Crippen LogP contribution in [-0.4, -0.2) is 41.4 Å². The molecule has 5 nitrogen and oxygen atoms in total. The molecular formula is C18H26N4O. The maximum absolute atomic E-state index is 5.27. The lowest BCUT2D eigenvalue weighted by molar-refractivity contribution is 0.148. The molecule has 0 amide bonds. The van der Waals surface area contributed by atoms with Crippen LogP contribution in [0.25, 0.3) is 0 Å². The second-order valence-corrected chi connectivity index (χ2v) is 6.32. The van der Waals surface area contributed by atoms with E-state index in [1.165, 1.54) is 11.3 Å². The largest absolute Gasteiger partial charge is 0.497 e. The van der Waals surface area contributed by atoms with Crippen LogP contribution in [0.2, 0.25) is 0 Å². The fraction of sp³-hybridized carbons (Fsp3) is 0.500. The Morgan fingerprint density at radius 3 is 2.74 bits per heavy atom. The molecule has 1 aromatic carbocycles. The Balaban J connectivity index is 1.79. The van der Waals surface area contributed by atoms with Gasteiger partial charge in [0.15, 0.2) is 0 Å². The smallest absolute Gasteiger partial charge is 0.118 e. The SMILES string of the molecule is COc1ccc([C@@H]2CNCCN2Cc2ccnn2C(C)C)cc1. The predicted molar refractivity (Wildman–Crippen MR) is 91.6 cm³/mol. The van der Waals surface area contributed by atoms with Gasteiger partial charge in [-0.25, -0.2) is 0 Å². The zero-order valence-corrected chi connectivity index (χ0v) is 14.2. The molecular weight excluding hydrogens is 288 g/mol. The number of ether oxygens (including phenoxy) is 1. The molecule has 0 bridgehead atoms. The Morgan fingerprint density at radius 2 is 2.04 bits per heavy atom. The summed E-state index contributed by atoms with van der Waals surface area (Å²) in [5, 5.41) is 7.97. The van der Waals surface area contributed by atoms with Gasteiger partial charge in [0, 0.05) is 44.5 Å². The minimum Gasteiger partial charge on any atom is -0.497 e. The van der Waals surface area contributed by atoms with Gasteiger partial charge in [0.1, 0.15) is 5.75 Å². The van der Waals surface area contributed by atoms with Gasteiger partial charge in [-0.3, -0.25) is 9.58 Å². The molecule has 2 aromatic rings. The highest BCUT2D eigenvalue weighted by atomic mass is 16.5. The molecule has 1 fully saturated rings. The van der Waals surface area contributed by atoms with Crippen LogP contribution >= 0.6 is 0 Å². The third-order valence-electron chi connectivity index (χ3n) is 4.46. The summed E-state index contributed by atoms with van der Waals surface area (Å²) in [6.45, 7) is 8.32.